The number of aliphatic carboxylic acids is 1. The zero-order valence-electron chi connectivity index (χ0n) is 23.4. The Morgan fingerprint density at radius 2 is 1.74 bits per heavy atom. The Hall–Kier alpha value is -1.32. The minimum absolute atomic E-state index is 0.0428. The highest BCUT2D eigenvalue weighted by molar-refractivity contribution is 5.76. The number of ether oxygens (including phenoxy) is 1. The summed E-state index contributed by atoms with van der Waals surface area (Å²) in [5.74, 6) is 3.52. The number of fused-ring (bicyclic) bond motifs is 3. The summed E-state index contributed by atoms with van der Waals surface area (Å²) in [4.78, 5) is 22.7. The van der Waals surface area contributed by atoms with Crippen molar-refractivity contribution in [1.29, 1.82) is 0 Å². The third-order valence-electron chi connectivity index (χ3n) is 10.4. The Balaban J connectivity index is 1.59. The van der Waals surface area contributed by atoms with Crippen LogP contribution in [0.2, 0.25) is 0 Å². The largest absolute Gasteiger partial charge is 0.481 e. The molecule has 0 aromatic heterocycles. The summed E-state index contributed by atoms with van der Waals surface area (Å²) >= 11 is 0. The summed E-state index contributed by atoms with van der Waals surface area (Å²) in [6, 6.07) is 0. The molecular formula is C31H52O4. The average Bonchev–Trinajstić information content (AvgIpc) is 3.14. The molecule has 0 aromatic carbocycles. The summed E-state index contributed by atoms with van der Waals surface area (Å²) < 4.78 is 5.52. The van der Waals surface area contributed by atoms with Crippen LogP contribution in [-0.2, 0) is 14.3 Å². The molecule has 3 aliphatic carbocycles. The van der Waals surface area contributed by atoms with E-state index in [9.17, 15) is 9.59 Å². The fraction of sp³-hybridized carbons (Fsp3) is 0.871. The topological polar surface area (TPSA) is 63.6 Å². The second-order valence-corrected chi connectivity index (χ2v) is 13.3. The van der Waals surface area contributed by atoms with Crippen molar-refractivity contribution < 1.29 is 19.4 Å². The maximum atomic E-state index is 12.0. The number of carboxylic acids is 1. The Labute approximate surface area is 214 Å². The molecule has 8 atom stereocenters. The molecule has 2 fully saturated rings. The van der Waals surface area contributed by atoms with Gasteiger partial charge >= 0.3 is 11.9 Å². The van der Waals surface area contributed by atoms with Crippen molar-refractivity contribution in [3.8, 4) is 0 Å². The molecule has 200 valence electrons. The molecule has 0 aromatic rings. The Bertz CT molecular complexity index is 757. The van der Waals surface area contributed by atoms with Crippen molar-refractivity contribution in [2.24, 2.45) is 46.3 Å². The number of rotatable bonds is 12. The van der Waals surface area contributed by atoms with Crippen LogP contribution < -0.4 is 0 Å². The van der Waals surface area contributed by atoms with E-state index >= 15 is 0 Å². The normalized spacial score (nSPS) is 35.9. The quantitative estimate of drug-likeness (QED) is 0.223. The Kier molecular flexibility index (Phi) is 9.54. The van der Waals surface area contributed by atoms with Crippen LogP contribution in [0.15, 0.2) is 12.2 Å². The van der Waals surface area contributed by atoms with E-state index in [4.69, 9.17) is 9.84 Å². The van der Waals surface area contributed by atoms with Crippen LogP contribution in [0, 0.1) is 46.3 Å². The van der Waals surface area contributed by atoms with Crippen molar-refractivity contribution in [3.63, 3.8) is 0 Å². The lowest BCUT2D eigenvalue weighted by molar-refractivity contribution is -0.151. The SMILES string of the molecule is CC(C)CCC[C@@H](C)[C@H]1CC[C@@H]2[C@H]3CC=C[C@](C)(CC[C@H](C)OC(=O)CCC(=O)O)[C@@H]3CC[C@@]21C. The molecule has 2 saturated carbocycles. The van der Waals surface area contributed by atoms with Gasteiger partial charge in [0.2, 0.25) is 0 Å². The molecule has 0 bridgehead atoms. The summed E-state index contributed by atoms with van der Waals surface area (Å²) in [6.07, 6.45) is 17.3. The van der Waals surface area contributed by atoms with Gasteiger partial charge in [0.25, 0.3) is 0 Å². The second kappa shape index (κ2) is 11.8. The lowest BCUT2D eigenvalue weighted by Crippen LogP contribution is -2.48. The highest BCUT2D eigenvalue weighted by atomic mass is 16.5. The number of allylic oxidation sites excluding steroid dienone is 2. The second-order valence-electron chi connectivity index (χ2n) is 13.3. The zero-order chi connectivity index (χ0) is 25.8. The first-order valence-corrected chi connectivity index (χ1v) is 14.5. The Morgan fingerprint density at radius 3 is 2.43 bits per heavy atom. The summed E-state index contributed by atoms with van der Waals surface area (Å²) in [5, 5.41) is 8.79. The summed E-state index contributed by atoms with van der Waals surface area (Å²) in [5.41, 5.74) is 0.657. The van der Waals surface area contributed by atoms with Gasteiger partial charge in [-0.3, -0.25) is 9.59 Å². The van der Waals surface area contributed by atoms with Crippen molar-refractivity contribution in [1.82, 2.24) is 0 Å². The van der Waals surface area contributed by atoms with Gasteiger partial charge < -0.3 is 9.84 Å². The van der Waals surface area contributed by atoms with Gasteiger partial charge in [0.1, 0.15) is 0 Å². The number of carbonyl (C=O) groups is 2. The molecule has 0 unspecified atom stereocenters. The van der Waals surface area contributed by atoms with Crippen LogP contribution in [0.25, 0.3) is 0 Å². The van der Waals surface area contributed by atoms with Crippen LogP contribution in [0.4, 0.5) is 0 Å². The first kappa shape index (κ1) is 28.3. The van der Waals surface area contributed by atoms with E-state index in [1.54, 1.807) is 0 Å². The van der Waals surface area contributed by atoms with Gasteiger partial charge in [-0.05, 0) is 98.2 Å². The van der Waals surface area contributed by atoms with Crippen molar-refractivity contribution >= 4 is 11.9 Å². The smallest absolute Gasteiger partial charge is 0.306 e. The first-order valence-electron chi connectivity index (χ1n) is 14.5. The van der Waals surface area contributed by atoms with Crippen LogP contribution in [0.3, 0.4) is 0 Å². The van der Waals surface area contributed by atoms with Crippen molar-refractivity contribution in [3.05, 3.63) is 12.2 Å². The predicted octanol–water partition coefficient (Wildman–Crippen LogP) is 8.05. The van der Waals surface area contributed by atoms with E-state index in [1.807, 2.05) is 6.92 Å². The molecule has 1 N–H and O–H groups in total. The molecule has 0 heterocycles. The third-order valence-corrected chi connectivity index (χ3v) is 10.4. The lowest BCUT2D eigenvalue weighted by atomic mass is 9.49. The van der Waals surface area contributed by atoms with Crippen molar-refractivity contribution in [2.75, 3.05) is 0 Å². The van der Waals surface area contributed by atoms with E-state index in [2.05, 4.69) is 46.8 Å². The third kappa shape index (κ3) is 6.72. The van der Waals surface area contributed by atoms with Crippen molar-refractivity contribution in [2.45, 2.75) is 125 Å². The molecule has 0 spiro atoms. The van der Waals surface area contributed by atoms with Gasteiger partial charge in [-0.25, -0.2) is 0 Å². The zero-order valence-corrected chi connectivity index (χ0v) is 23.4. The number of hydrogen-bond donors (Lipinski definition) is 1. The van der Waals surface area contributed by atoms with E-state index < -0.39 is 11.9 Å². The minimum Gasteiger partial charge on any atom is -0.481 e. The van der Waals surface area contributed by atoms with E-state index in [1.165, 1.54) is 51.4 Å². The van der Waals surface area contributed by atoms with Crippen LogP contribution in [0.5, 0.6) is 0 Å². The number of carbonyl (C=O) groups excluding carboxylic acids is 1. The molecule has 4 heteroatoms. The van der Waals surface area contributed by atoms with Crippen LogP contribution >= 0.6 is 0 Å². The molecule has 0 amide bonds. The number of carboxylic acid groups (broad SMARTS) is 1. The molecule has 3 rings (SSSR count). The fourth-order valence-electron chi connectivity index (χ4n) is 8.41. The maximum absolute atomic E-state index is 12.0. The molecule has 3 aliphatic rings. The van der Waals surface area contributed by atoms with Gasteiger partial charge in [-0.1, -0.05) is 66.0 Å². The Morgan fingerprint density at radius 1 is 1.00 bits per heavy atom. The molecule has 0 radical (unpaired) electrons. The molecular weight excluding hydrogens is 436 g/mol. The van der Waals surface area contributed by atoms with E-state index in [0.717, 1.165) is 48.3 Å². The van der Waals surface area contributed by atoms with E-state index in [-0.39, 0.29) is 24.4 Å². The molecule has 0 saturated heterocycles. The molecule has 4 nitrogen and oxygen atoms in total. The number of hydrogen-bond acceptors (Lipinski definition) is 3. The van der Waals surface area contributed by atoms with Gasteiger partial charge in [0.05, 0.1) is 18.9 Å². The van der Waals surface area contributed by atoms with Gasteiger partial charge in [0, 0.05) is 0 Å². The standard InChI is InChI=1S/C31H52O4/c1-21(2)9-7-10-22(3)25-12-13-27-24-11-8-18-30(5,26(24)17-20-31(25,27)6)19-16-23(4)35-29(34)15-14-28(32)33/h8,18,21-27H,7,9-17,19-20H2,1-6H3,(H,32,33)/t22-,23+,24+,25-,26-,27-,30-,31-/m1/s1. The van der Waals surface area contributed by atoms with Crippen LogP contribution in [0.1, 0.15) is 119 Å². The van der Waals surface area contributed by atoms with Crippen LogP contribution in [-0.4, -0.2) is 23.1 Å². The predicted molar refractivity (Wildman–Crippen MR) is 142 cm³/mol. The first-order chi connectivity index (χ1) is 16.5. The lowest BCUT2D eigenvalue weighted by Gasteiger charge is -2.55. The highest BCUT2D eigenvalue weighted by Gasteiger charge is 2.57. The summed E-state index contributed by atoms with van der Waals surface area (Å²) in [6.45, 7) is 14.2. The summed E-state index contributed by atoms with van der Waals surface area (Å²) in [7, 11) is 0. The highest BCUT2D eigenvalue weighted by Crippen LogP contribution is 2.65. The van der Waals surface area contributed by atoms with Gasteiger partial charge in [-0.2, -0.15) is 0 Å². The molecule has 35 heavy (non-hydrogen) atoms. The monoisotopic (exact) mass is 488 g/mol. The van der Waals surface area contributed by atoms with Gasteiger partial charge in [0.15, 0.2) is 0 Å². The average molecular weight is 489 g/mol. The number of esters is 1. The molecule has 0 aliphatic heterocycles. The maximum Gasteiger partial charge on any atom is 0.306 e. The fourth-order valence-corrected chi connectivity index (χ4v) is 8.41. The van der Waals surface area contributed by atoms with Gasteiger partial charge in [-0.15, -0.1) is 0 Å². The minimum atomic E-state index is -0.955. The van der Waals surface area contributed by atoms with E-state index in [0.29, 0.717) is 5.41 Å².